The Kier molecular flexibility index (Phi) is 3.13. The number of hydrogen-bond donors (Lipinski definition) is 1. The van der Waals surface area contributed by atoms with Crippen LogP contribution >= 0.6 is 11.3 Å². The molecule has 104 valence electrons. The lowest BCUT2D eigenvalue weighted by Gasteiger charge is -2.15. The molecular formula is C16H17NO2S. The third kappa shape index (κ3) is 2.24. The molecule has 3 rings (SSSR count). The highest BCUT2D eigenvalue weighted by Gasteiger charge is 2.33. The molecule has 0 aliphatic heterocycles. The van der Waals surface area contributed by atoms with E-state index in [0.29, 0.717) is 11.6 Å². The molecule has 1 aliphatic carbocycles. The van der Waals surface area contributed by atoms with Crippen LogP contribution in [0, 0.1) is 0 Å². The van der Waals surface area contributed by atoms with Crippen molar-refractivity contribution in [3.63, 3.8) is 0 Å². The first kappa shape index (κ1) is 13.3. The lowest BCUT2D eigenvalue weighted by molar-refractivity contribution is -0.142. The van der Waals surface area contributed by atoms with Gasteiger partial charge >= 0.3 is 5.97 Å². The molecule has 2 aromatic rings. The van der Waals surface area contributed by atoms with Crippen LogP contribution < -0.4 is 0 Å². The van der Waals surface area contributed by atoms with Gasteiger partial charge in [-0.1, -0.05) is 24.3 Å². The molecule has 20 heavy (non-hydrogen) atoms. The maximum absolute atomic E-state index is 11.3. The van der Waals surface area contributed by atoms with Gasteiger partial charge in [0.15, 0.2) is 0 Å². The smallest absolute Gasteiger partial charge is 0.315 e. The van der Waals surface area contributed by atoms with Gasteiger partial charge in [-0.05, 0) is 38.2 Å². The van der Waals surface area contributed by atoms with Crippen LogP contribution in [0.2, 0.25) is 0 Å². The van der Waals surface area contributed by atoms with Crippen molar-refractivity contribution in [2.24, 2.45) is 0 Å². The third-order valence-corrected chi connectivity index (χ3v) is 4.76. The van der Waals surface area contributed by atoms with E-state index >= 15 is 0 Å². The van der Waals surface area contributed by atoms with Crippen molar-refractivity contribution >= 4 is 17.3 Å². The van der Waals surface area contributed by atoms with E-state index in [4.69, 9.17) is 0 Å². The number of carboxylic acid groups (broad SMARTS) is 1. The fourth-order valence-corrected chi connectivity index (χ4v) is 3.27. The SMILES string of the molecule is CC(C)(C(=O)O)c1csc(-c2ccccc2C2CC2)n1. The van der Waals surface area contributed by atoms with Crippen molar-refractivity contribution < 1.29 is 9.90 Å². The Morgan fingerprint density at radius 1 is 1.35 bits per heavy atom. The summed E-state index contributed by atoms with van der Waals surface area (Å²) in [5.41, 5.74) is 2.20. The van der Waals surface area contributed by atoms with Crippen LogP contribution in [0.1, 0.15) is 43.9 Å². The molecule has 4 heteroatoms. The number of nitrogens with zero attached hydrogens (tertiary/aromatic N) is 1. The van der Waals surface area contributed by atoms with Gasteiger partial charge in [-0.3, -0.25) is 4.79 Å². The van der Waals surface area contributed by atoms with Crippen molar-refractivity contribution in [2.75, 3.05) is 0 Å². The van der Waals surface area contributed by atoms with Crippen molar-refractivity contribution in [1.82, 2.24) is 4.98 Å². The topological polar surface area (TPSA) is 50.2 Å². The summed E-state index contributed by atoms with van der Waals surface area (Å²) in [6.07, 6.45) is 2.49. The predicted octanol–water partition coefficient (Wildman–Crippen LogP) is 4.05. The summed E-state index contributed by atoms with van der Waals surface area (Å²) in [6.45, 7) is 3.39. The predicted molar refractivity (Wildman–Crippen MR) is 80.2 cm³/mol. The summed E-state index contributed by atoms with van der Waals surface area (Å²) in [4.78, 5) is 15.9. The van der Waals surface area contributed by atoms with E-state index in [-0.39, 0.29) is 0 Å². The van der Waals surface area contributed by atoms with Gasteiger partial charge in [0.1, 0.15) is 10.4 Å². The molecular weight excluding hydrogens is 270 g/mol. The minimum atomic E-state index is -0.941. The van der Waals surface area contributed by atoms with E-state index in [0.717, 1.165) is 10.6 Å². The normalized spacial score (nSPS) is 15.3. The number of hydrogen-bond acceptors (Lipinski definition) is 3. The summed E-state index contributed by atoms with van der Waals surface area (Å²) in [7, 11) is 0. The van der Waals surface area contributed by atoms with Gasteiger partial charge in [-0.25, -0.2) is 4.98 Å². The molecule has 0 bridgehead atoms. The van der Waals surface area contributed by atoms with E-state index in [1.54, 1.807) is 13.8 Å². The summed E-state index contributed by atoms with van der Waals surface area (Å²) in [5.74, 6) is -0.184. The Labute approximate surface area is 122 Å². The Morgan fingerprint density at radius 3 is 2.70 bits per heavy atom. The lowest BCUT2D eigenvalue weighted by Crippen LogP contribution is -2.28. The first-order valence-corrected chi connectivity index (χ1v) is 7.67. The highest BCUT2D eigenvalue weighted by Crippen LogP contribution is 2.45. The number of rotatable bonds is 4. The number of thiazole rings is 1. The van der Waals surface area contributed by atoms with Gasteiger partial charge in [-0.2, -0.15) is 0 Å². The third-order valence-electron chi connectivity index (χ3n) is 3.89. The molecule has 1 fully saturated rings. The number of aromatic nitrogens is 1. The average molecular weight is 287 g/mol. The highest BCUT2D eigenvalue weighted by molar-refractivity contribution is 7.13. The van der Waals surface area contributed by atoms with Gasteiger partial charge in [0, 0.05) is 10.9 Å². The summed E-state index contributed by atoms with van der Waals surface area (Å²) < 4.78 is 0. The Morgan fingerprint density at radius 2 is 2.05 bits per heavy atom. The fourth-order valence-electron chi connectivity index (χ4n) is 2.24. The Hall–Kier alpha value is -1.68. The monoisotopic (exact) mass is 287 g/mol. The van der Waals surface area contributed by atoms with Gasteiger partial charge in [0.05, 0.1) is 5.69 Å². The molecule has 0 radical (unpaired) electrons. The Balaban J connectivity index is 2.01. The molecule has 1 aromatic heterocycles. The van der Waals surface area contributed by atoms with E-state index in [9.17, 15) is 9.90 Å². The number of aliphatic carboxylic acids is 1. The van der Waals surface area contributed by atoms with Crippen molar-refractivity contribution in [1.29, 1.82) is 0 Å². The van der Waals surface area contributed by atoms with Gasteiger partial charge in [0.25, 0.3) is 0 Å². The molecule has 0 unspecified atom stereocenters. The van der Waals surface area contributed by atoms with Crippen molar-refractivity contribution in [2.45, 2.75) is 38.0 Å². The summed E-state index contributed by atoms with van der Waals surface area (Å²) >= 11 is 1.53. The lowest BCUT2D eigenvalue weighted by atomic mass is 9.90. The second-order valence-electron chi connectivity index (χ2n) is 5.83. The second kappa shape index (κ2) is 4.70. The number of carbonyl (C=O) groups is 1. The van der Waals surface area contributed by atoms with Crippen LogP contribution in [0.15, 0.2) is 29.6 Å². The molecule has 1 saturated carbocycles. The zero-order valence-electron chi connectivity index (χ0n) is 11.6. The van der Waals surface area contributed by atoms with Gasteiger partial charge in [0.2, 0.25) is 0 Å². The van der Waals surface area contributed by atoms with E-state index in [2.05, 4.69) is 23.2 Å². The molecule has 0 saturated heterocycles. The molecule has 1 aromatic carbocycles. The average Bonchev–Trinajstić information content (AvgIpc) is 3.15. The zero-order chi connectivity index (χ0) is 14.3. The van der Waals surface area contributed by atoms with E-state index in [1.165, 1.54) is 29.7 Å². The van der Waals surface area contributed by atoms with Gasteiger partial charge < -0.3 is 5.11 Å². The van der Waals surface area contributed by atoms with Crippen LogP contribution in [0.4, 0.5) is 0 Å². The molecule has 1 N–H and O–H groups in total. The number of benzene rings is 1. The fraction of sp³-hybridized carbons (Fsp3) is 0.375. The molecule has 0 amide bonds. The largest absolute Gasteiger partial charge is 0.481 e. The number of carboxylic acids is 1. The first-order chi connectivity index (χ1) is 9.50. The minimum absolute atomic E-state index is 0.635. The molecule has 3 nitrogen and oxygen atoms in total. The zero-order valence-corrected chi connectivity index (χ0v) is 12.4. The van der Waals surface area contributed by atoms with Crippen LogP contribution in [-0.2, 0) is 10.2 Å². The maximum Gasteiger partial charge on any atom is 0.315 e. The summed E-state index contributed by atoms with van der Waals surface area (Å²) in [5, 5.41) is 12.1. The molecule has 0 spiro atoms. The molecule has 1 heterocycles. The Bertz CT molecular complexity index is 656. The van der Waals surface area contributed by atoms with Crippen molar-refractivity contribution in [3.8, 4) is 10.6 Å². The summed E-state index contributed by atoms with van der Waals surface area (Å²) in [6, 6.07) is 8.33. The van der Waals surface area contributed by atoms with Gasteiger partial charge in [-0.15, -0.1) is 11.3 Å². The molecule has 0 atom stereocenters. The first-order valence-electron chi connectivity index (χ1n) is 6.79. The quantitative estimate of drug-likeness (QED) is 0.923. The standard InChI is InChI=1S/C16H17NO2S/c1-16(2,15(18)19)13-9-20-14(17-13)12-6-4-3-5-11(12)10-7-8-10/h3-6,9-10H,7-8H2,1-2H3,(H,18,19). The second-order valence-corrected chi connectivity index (χ2v) is 6.69. The molecule has 1 aliphatic rings. The van der Waals surface area contributed by atoms with Crippen molar-refractivity contribution in [3.05, 3.63) is 40.9 Å². The van der Waals surface area contributed by atoms with Crippen LogP contribution in [0.3, 0.4) is 0 Å². The maximum atomic E-state index is 11.3. The van der Waals surface area contributed by atoms with Crippen LogP contribution in [0.25, 0.3) is 10.6 Å². The van der Waals surface area contributed by atoms with Crippen LogP contribution in [0.5, 0.6) is 0 Å². The van der Waals surface area contributed by atoms with Crippen LogP contribution in [-0.4, -0.2) is 16.1 Å². The minimum Gasteiger partial charge on any atom is -0.481 e. The highest BCUT2D eigenvalue weighted by atomic mass is 32.1. The van der Waals surface area contributed by atoms with E-state index in [1.807, 2.05) is 11.4 Å². The van der Waals surface area contributed by atoms with E-state index < -0.39 is 11.4 Å².